The topological polar surface area (TPSA) is 70.5 Å². The second-order valence-electron chi connectivity index (χ2n) is 6.44. The maximum absolute atomic E-state index is 13.4. The third kappa shape index (κ3) is 3.27. The van der Waals surface area contributed by atoms with Gasteiger partial charge >= 0.3 is 0 Å². The Hall–Kier alpha value is -3.87. The van der Waals surface area contributed by atoms with Crippen LogP contribution in [-0.2, 0) is 9.59 Å². The van der Waals surface area contributed by atoms with Crippen LogP contribution in [0.15, 0.2) is 78.6 Å². The number of halogens is 2. The molecule has 7 heteroatoms. The summed E-state index contributed by atoms with van der Waals surface area (Å²) in [5, 5.41) is 10.8. The van der Waals surface area contributed by atoms with Gasteiger partial charge in [0.25, 0.3) is 11.7 Å². The highest BCUT2D eigenvalue weighted by atomic mass is 19.1. The maximum atomic E-state index is 13.4. The van der Waals surface area contributed by atoms with Crippen molar-refractivity contribution in [2.24, 2.45) is 0 Å². The fraction of sp³-hybridized carbons (Fsp3) is 0.0455. The van der Waals surface area contributed by atoms with Crippen LogP contribution in [0.4, 0.5) is 14.5 Å². The van der Waals surface area contributed by atoms with Crippen LogP contribution in [0.1, 0.15) is 17.2 Å². The van der Waals surface area contributed by atoms with E-state index in [1.807, 2.05) is 0 Å². The van der Waals surface area contributed by atoms with E-state index in [2.05, 4.69) is 4.98 Å². The number of hydrogen-bond acceptors (Lipinski definition) is 4. The third-order valence-corrected chi connectivity index (χ3v) is 4.67. The van der Waals surface area contributed by atoms with E-state index in [0.29, 0.717) is 11.3 Å². The van der Waals surface area contributed by atoms with E-state index in [4.69, 9.17) is 0 Å². The number of aliphatic hydroxyl groups is 1. The Bertz CT molecular complexity index is 1110. The Kier molecular flexibility index (Phi) is 4.64. The number of carbonyl (C=O) groups excluding carboxylic acids is 2. The molecule has 1 saturated heterocycles. The van der Waals surface area contributed by atoms with Crippen molar-refractivity contribution in [3.05, 3.63) is 101 Å². The van der Waals surface area contributed by atoms with Crippen LogP contribution in [0, 0.1) is 11.6 Å². The van der Waals surface area contributed by atoms with Crippen molar-refractivity contribution in [3.63, 3.8) is 0 Å². The van der Waals surface area contributed by atoms with Gasteiger partial charge in [-0.05, 0) is 60.2 Å². The number of amides is 1. The molecule has 3 aromatic rings. The summed E-state index contributed by atoms with van der Waals surface area (Å²) >= 11 is 0. The average molecular weight is 392 g/mol. The maximum Gasteiger partial charge on any atom is 0.300 e. The lowest BCUT2D eigenvalue weighted by Gasteiger charge is -2.25. The van der Waals surface area contributed by atoms with Gasteiger partial charge in [0.05, 0.1) is 11.6 Å². The van der Waals surface area contributed by atoms with Gasteiger partial charge in [0.1, 0.15) is 17.4 Å². The molecule has 29 heavy (non-hydrogen) atoms. The molecule has 5 nitrogen and oxygen atoms in total. The van der Waals surface area contributed by atoms with Gasteiger partial charge in [-0.3, -0.25) is 19.5 Å². The molecule has 0 saturated carbocycles. The molecule has 0 aliphatic carbocycles. The number of hydrogen-bond donors (Lipinski definition) is 1. The number of anilines is 1. The lowest BCUT2D eigenvalue weighted by atomic mass is 9.96. The summed E-state index contributed by atoms with van der Waals surface area (Å²) in [4.78, 5) is 30.9. The fourth-order valence-electron chi connectivity index (χ4n) is 3.32. The quantitative estimate of drug-likeness (QED) is 0.416. The molecule has 2 heterocycles. The van der Waals surface area contributed by atoms with Crippen molar-refractivity contribution in [3.8, 4) is 0 Å². The molecule has 0 bridgehead atoms. The Morgan fingerprint density at radius 3 is 2.14 bits per heavy atom. The lowest BCUT2D eigenvalue weighted by molar-refractivity contribution is -0.132. The molecule has 1 atom stereocenters. The molecule has 2 aromatic carbocycles. The van der Waals surface area contributed by atoms with Crippen LogP contribution in [-0.4, -0.2) is 21.8 Å². The van der Waals surface area contributed by atoms with Crippen LogP contribution in [0.3, 0.4) is 0 Å². The Morgan fingerprint density at radius 1 is 0.931 bits per heavy atom. The van der Waals surface area contributed by atoms with E-state index in [1.54, 1.807) is 12.1 Å². The first-order valence-electron chi connectivity index (χ1n) is 8.70. The molecule has 1 fully saturated rings. The number of carbonyl (C=O) groups is 2. The zero-order valence-electron chi connectivity index (χ0n) is 14.9. The fourth-order valence-corrected chi connectivity index (χ4v) is 3.32. The van der Waals surface area contributed by atoms with Crippen LogP contribution in [0.25, 0.3) is 5.76 Å². The normalized spacial score (nSPS) is 18.3. The van der Waals surface area contributed by atoms with E-state index in [-0.39, 0.29) is 11.1 Å². The van der Waals surface area contributed by atoms with Gasteiger partial charge in [-0.25, -0.2) is 8.78 Å². The van der Waals surface area contributed by atoms with Crippen molar-refractivity contribution in [2.45, 2.75) is 6.04 Å². The van der Waals surface area contributed by atoms with Crippen molar-refractivity contribution in [2.75, 3.05) is 4.90 Å². The Balaban J connectivity index is 1.93. The molecule has 1 unspecified atom stereocenters. The molecule has 0 spiro atoms. The van der Waals surface area contributed by atoms with Gasteiger partial charge in [0, 0.05) is 23.6 Å². The first-order chi connectivity index (χ1) is 14.0. The van der Waals surface area contributed by atoms with E-state index < -0.39 is 35.1 Å². The molecule has 1 N–H and O–H groups in total. The molecule has 1 aliphatic heterocycles. The summed E-state index contributed by atoms with van der Waals surface area (Å²) in [6, 6.07) is 12.4. The van der Waals surface area contributed by atoms with E-state index in [9.17, 15) is 23.5 Å². The predicted molar refractivity (Wildman–Crippen MR) is 102 cm³/mol. The zero-order chi connectivity index (χ0) is 20.5. The summed E-state index contributed by atoms with van der Waals surface area (Å²) in [7, 11) is 0. The molecule has 4 rings (SSSR count). The SMILES string of the molecule is O=C1C(=O)N(c2ccc(F)cc2)C(c2cccnc2)/C1=C(/O)c1ccc(F)cc1. The number of pyridine rings is 1. The van der Waals surface area contributed by atoms with Crippen molar-refractivity contribution < 1.29 is 23.5 Å². The summed E-state index contributed by atoms with van der Waals surface area (Å²) in [5.74, 6) is -3.19. The summed E-state index contributed by atoms with van der Waals surface area (Å²) in [5.41, 5.74) is 0.816. The zero-order valence-corrected chi connectivity index (χ0v) is 14.9. The number of aliphatic hydroxyl groups excluding tert-OH is 1. The van der Waals surface area contributed by atoms with Crippen LogP contribution >= 0.6 is 0 Å². The number of benzene rings is 2. The van der Waals surface area contributed by atoms with Gasteiger partial charge in [-0.2, -0.15) is 0 Å². The molecular formula is C22H14F2N2O3. The number of rotatable bonds is 3. The second-order valence-corrected chi connectivity index (χ2v) is 6.44. The molecule has 0 radical (unpaired) electrons. The van der Waals surface area contributed by atoms with Crippen LogP contribution in [0.2, 0.25) is 0 Å². The first-order valence-corrected chi connectivity index (χ1v) is 8.70. The summed E-state index contributed by atoms with van der Waals surface area (Å²) < 4.78 is 26.6. The van der Waals surface area contributed by atoms with E-state index in [0.717, 1.165) is 12.1 Å². The second kappa shape index (κ2) is 7.27. The van der Waals surface area contributed by atoms with Gasteiger partial charge in [-0.1, -0.05) is 6.07 Å². The average Bonchev–Trinajstić information content (AvgIpc) is 3.00. The van der Waals surface area contributed by atoms with Crippen LogP contribution < -0.4 is 4.90 Å². The van der Waals surface area contributed by atoms with E-state index >= 15 is 0 Å². The minimum absolute atomic E-state index is 0.154. The van der Waals surface area contributed by atoms with Crippen molar-refractivity contribution in [1.29, 1.82) is 0 Å². The molecular weight excluding hydrogens is 378 g/mol. The highest BCUT2D eigenvalue weighted by Gasteiger charge is 2.47. The molecule has 1 aliphatic rings. The van der Waals surface area contributed by atoms with Crippen LogP contribution in [0.5, 0.6) is 0 Å². The van der Waals surface area contributed by atoms with Gasteiger partial charge in [0.2, 0.25) is 0 Å². The first kappa shape index (κ1) is 18.5. The van der Waals surface area contributed by atoms with Gasteiger partial charge in [0.15, 0.2) is 0 Å². The minimum Gasteiger partial charge on any atom is -0.507 e. The number of nitrogens with zero attached hydrogens (tertiary/aromatic N) is 2. The molecule has 144 valence electrons. The highest BCUT2D eigenvalue weighted by Crippen LogP contribution is 2.41. The summed E-state index contributed by atoms with van der Waals surface area (Å²) in [6.45, 7) is 0. The Labute approximate surface area is 164 Å². The van der Waals surface area contributed by atoms with Crippen molar-refractivity contribution >= 4 is 23.1 Å². The predicted octanol–water partition coefficient (Wildman–Crippen LogP) is 3.99. The van der Waals surface area contributed by atoms with Crippen molar-refractivity contribution in [1.82, 2.24) is 4.98 Å². The monoisotopic (exact) mass is 392 g/mol. The number of ketones is 1. The summed E-state index contributed by atoms with van der Waals surface area (Å²) in [6.07, 6.45) is 3.01. The molecule has 1 amide bonds. The standard InChI is InChI=1S/C22H14F2N2O3/c23-15-5-3-13(4-6-15)20(27)18-19(14-2-1-11-25-12-14)26(22(29)21(18)28)17-9-7-16(24)8-10-17/h1-12,19,27H/b20-18-. The van der Waals surface area contributed by atoms with Gasteiger partial charge in [-0.15, -0.1) is 0 Å². The minimum atomic E-state index is -0.973. The largest absolute Gasteiger partial charge is 0.507 e. The lowest BCUT2D eigenvalue weighted by Crippen LogP contribution is -2.29. The van der Waals surface area contributed by atoms with Gasteiger partial charge < -0.3 is 5.11 Å². The smallest absolute Gasteiger partial charge is 0.300 e. The Morgan fingerprint density at radius 2 is 1.55 bits per heavy atom. The molecule has 1 aromatic heterocycles. The third-order valence-electron chi connectivity index (χ3n) is 4.67. The van der Waals surface area contributed by atoms with E-state index in [1.165, 1.54) is 53.7 Å². The number of Topliss-reactive ketones (excluding diaryl/α,β-unsaturated/α-hetero) is 1. The highest BCUT2D eigenvalue weighted by molar-refractivity contribution is 6.51. The number of aromatic nitrogens is 1.